The van der Waals surface area contributed by atoms with Crippen LogP contribution in [0.15, 0.2) is 12.2 Å². The molecule has 0 aliphatic carbocycles. The maximum absolute atomic E-state index is 12.5. The fraction of sp³-hybridized carbons (Fsp3) is 0.875. The molecule has 1 fully saturated rings. The minimum Gasteiger partial charge on any atom is -0.462 e. The van der Waals surface area contributed by atoms with Crippen LogP contribution in [0.25, 0.3) is 0 Å². The third-order valence-electron chi connectivity index (χ3n) is 7.38. The number of allylic oxidation sites excluding steroid dienone is 2. The first kappa shape index (κ1) is 38.5. The van der Waals surface area contributed by atoms with Gasteiger partial charge in [0.15, 0.2) is 12.4 Å². The van der Waals surface area contributed by atoms with E-state index in [0.717, 1.165) is 70.6 Å². The molecule has 0 bridgehead atoms. The first-order chi connectivity index (χ1) is 20.3. The fourth-order valence-corrected chi connectivity index (χ4v) is 4.72. The Labute approximate surface area is 252 Å². The van der Waals surface area contributed by atoms with E-state index in [9.17, 15) is 30.0 Å². The lowest BCUT2D eigenvalue weighted by Crippen LogP contribution is -2.59. The largest absolute Gasteiger partial charge is 0.462 e. The van der Waals surface area contributed by atoms with Crippen LogP contribution < -0.4 is 0 Å². The smallest absolute Gasteiger partial charge is 0.306 e. The molecular weight excluding hydrogens is 544 g/mol. The lowest BCUT2D eigenvalue weighted by Gasteiger charge is -2.39. The topological polar surface area (TPSA) is 152 Å². The van der Waals surface area contributed by atoms with Crippen molar-refractivity contribution in [1.82, 2.24) is 0 Å². The first-order valence-corrected chi connectivity index (χ1v) is 16.3. The molecule has 1 aliphatic heterocycles. The van der Waals surface area contributed by atoms with Crippen LogP contribution in [0.1, 0.15) is 123 Å². The van der Waals surface area contributed by atoms with Gasteiger partial charge >= 0.3 is 11.9 Å². The standard InChI is InChI=1S/C32H58O10/c1-3-5-7-9-11-12-13-15-17-19-21-28(35)41-25(23-39-27(34)20-18-16-14-10-8-6-4-2)24-40-32-31(38)30(37)29(36)26(22-33)42-32/h7,9,25-26,29-33,36-38H,3-6,8,10-24H2,1-2H3/b9-7-. The van der Waals surface area contributed by atoms with Gasteiger partial charge in [-0.15, -0.1) is 0 Å². The molecule has 0 radical (unpaired) electrons. The average molecular weight is 603 g/mol. The molecule has 0 spiro atoms. The van der Waals surface area contributed by atoms with Crippen LogP contribution in [0.3, 0.4) is 0 Å². The monoisotopic (exact) mass is 602 g/mol. The molecule has 6 atom stereocenters. The van der Waals surface area contributed by atoms with Crippen molar-refractivity contribution in [3.63, 3.8) is 0 Å². The van der Waals surface area contributed by atoms with Crippen LogP contribution in [0.5, 0.6) is 0 Å². The lowest BCUT2D eigenvalue weighted by atomic mass is 9.99. The highest BCUT2D eigenvalue weighted by Crippen LogP contribution is 2.22. The predicted octanol–water partition coefficient (Wildman–Crippen LogP) is 4.49. The molecule has 4 N–H and O–H groups in total. The second kappa shape index (κ2) is 24.8. The van der Waals surface area contributed by atoms with Crippen LogP contribution >= 0.6 is 0 Å². The lowest BCUT2D eigenvalue weighted by molar-refractivity contribution is -0.305. The normalized spacial score (nSPS) is 23.2. The highest BCUT2D eigenvalue weighted by atomic mass is 16.7. The Kier molecular flexibility index (Phi) is 22.7. The number of carbonyl (C=O) groups excluding carboxylic acids is 2. The molecule has 6 unspecified atom stereocenters. The third kappa shape index (κ3) is 17.5. The van der Waals surface area contributed by atoms with Gasteiger partial charge in [0.1, 0.15) is 31.0 Å². The number of unbranched alkanes of at least 4 members (excludes halogenated alkanes) is 12. The van der Waals surface area contributed by atoms with Crippen LogP contribution in [-0.4, -0.2) is 89.0 Å². The zero-order chi connectivity index (χ0) is 31.0. The molecule has 0 aromatic carbocycles. The second-order valence-corrected chi connectivity index (χ2v) is 11.3. The number of hydrogen-bond acceptors (Lipinski definition) is 10. The molecule has 0 aromatic rings. The first-order valence-electron chi connectivity index (χ1n) is 16.3. The molecule has 0 amide bonds. The van der Waals surface area contributed by atoms with Gasteiger partial charge < -0.3 is 39.4 Å². The van der Waals surface area contributed by atoms with Crippen molar-refractivity contribution >= 4 is 11.9 Å². The Morgan fingerprint density at radius 1 is 0.714 bits per heavy atom. The Morgan fingerprint density at radius 2 is 1.31 bits per heavy atom. The number of ether oxygens (including phenoxy) is 4. The van der Waals surface area contributed by atoms with Crippen molar-refractivity contribution < 1.29 is 49.0 Å². The summed E-state index contributed by atoms with van der Waals surface area (Å²) in [5.74, 6) is -0.829. The summed E-state index contributed by atoms with van der Waals surface area (Å²) in [6.07, 6.45) is 12.6. The molecular formula is C32H58O10. The van der Waals surface area contributed by atoms with Crippen LogP contribution in [0.2, 0.25) is 0 Å². The molecule has 0 saturated carbocycles. The van der Waals surface area contributed by atoms with Crippen molar-refractivity contribution in [2.24, 2.45) is 0 Å². The molecule has 10 nitrogen and oxygen atoms in total. The summed E-state index contributed by atoms with van der Waals surface area (Å²) in [6, 6.07) is 0. The number of esters is 2. The third-order valence-corrected chi connectivity index (χ3v) is 7.38. The van der Waals surface area contributed by atoms with Crippen molar-refractivity contribution in [2.45, 2.75) is 160 Å². The number of aliphatic hydroxyl groups excluding tert-OH is 4. The van der Waals surface area contributed by atoms with Crippen molar-refractivity contribution in [1.29, 1.82) is 0 Å². The highest BCUT2D eigenvalue weighted by Gasteiger charge is 2.44. The van der Waals surface area contributed by atoms with E-state index in [1.165, 1.54) is 19.3 Å². The molecule has 0 aromatic heterocycles. The summed E-state index contributed by atoms with van der Waals surface area (Å²) in [7, 11) is 0. The van der Waals surface area contributed by atoms with E-state index >= 15 is 0 Å². The quantitative estimate of drug-likeness (QED) is 0.0668. The van der Waals surface area contributed by atoms with Gasteiger partial charge in [-0.05, 0) is 32.1 Å². The number of aliphatic hydroxyl groups is 4. The maximum atomic E-state index is 12.5. The van der Waals surface area contributed by atoms with Gasteiger partial charge in [0.05, 0.1) is 13.2 Å². The van der Waals surface area contributed by atoms with Gasteiger partial charge in [-0.3, -0.25) is 9.59 Å². The van der Waals surface area contributed by atoms with Crippen LogP contribution in [0.4, 0.5) is 0 Å². The van der Waals surface area contributed by atoms with Gasteiger partial charge in [-0.1, -0.05) is 90.2 Å². The summed E-state index contributed by atoms with van der Waals surface area (Å²) in [4.78, 5) is 24.8. The average Bonchev–Trinajstić information content (AvgIpc) is 2.98. The second-order valence-electron chi connectivity index (χ2n) is 11.3. The van der Waals surface area contributed by atoms with Crippen molar-refractivity contribution in [3.05, 3.63) is 12.2 Å². The minimum absolute atomic E-state index is 0.218. The molecule has 10 heteroatoms. The minimum atomic E-state index is -1.59. The summed E-state index contributed by atoms with van der Waals surface area (Å²) >= 11 is 0. The molecule has 1 heterocycles. The van der Waals surface area contributed by atoms with E-state index in [4.69, 9.17) is 18.9 Å². The van der Waals surface area contributed by atoms with E-state index in [-0.39, 0.29) is 32.0 Å². The van der Waals surface area contributed by atoms with E-state index < -0.39 is 49.4 Å². The molecule has 246 valence electrons. The van der Waals surface area contributed by atoms with Crippen LogP contribution in [-0.2, 0) is 28.5 Å². The number of carbonyl (C=O) groups is 2. The highest BCUT2D eigenvalue weighted by molar-refractivity contribution is 5.70. The molecule has 42 heavy (non-hydrogen) atoms. The van der Waals surface area contributed by atoms with E-state index in [1.54, 1.807) is 0 Å². The Bertz CT molecular complexity index is 713. The molecule has 1 rings (SSSR count). The Morgan fingerprint density at radius 3 is 1.95 bits per heavy atom. The van der Waals surface area contributed by atoms with E-state index in [0.29, 0.717) is 6.42 Å². The van der Waals surface area contributed by atoms with Gasteiger partial charge in [-0.25, -0.2) is 0 Å². The maximum Gasteiger partial charge on any atom is 0.306 e. The predicted molar refractivity (Wildman–Crippen MR) is 160 cm³/mol. The zero-order valence-corrected chi connectivity index (χ0v) is 26.0. The van der Waals surface area contributed by atoms with Gasteiger partial charge in [0.25, 0.3) is 0 Å². The van der Waals surface area contributed by atoms with E-state index in [2.05, 4.69) is 26.0 Å². The van der Waals surface area contributed by atoms with Crippen molar-refractivity contribution in [3.8, 4) is 0 Å². The van der Waals surface area contributed by atoms with Crippen molar-refractivity contribution in [2.75, 3.05) is 19.8 Å². The van der Waals surface area contributed by atoms with Gasteiger partial charge in [0.2, 0.25) is 0 Å². The zero-order valence-electron chi connectivity index (χ0n) is 26.0. The SMILES string of the molecule is CCC/C=C\CCCCCCCC(=O)OC(COC(=O)CCCCCCCCC)COC1OC(CO)C(O)C(O)C1O. The summed E-state index contributed by atoms with van der Waals surface area (Å²) < 4.78 is 21.8. The van der Waals surface area contributed by atoms with Gasteiger partial charge in [-0.2, -0.15) is 0 Å². The van der Waals surface area contributed by atoms with Gasteiger partial charge in [0, 0.05) is 12.8 Å². The van der Waals surface area contributed by atoms with E-state index in [1.807, 2.05) is 0 Å². The molecule has 1 aliphatic rings. The summed E-state index contributed by atoms with van der Waals surface area (Å²) in [5.41, 5.74) is 0. The van der Waals surface area contributed by atoms with Crippen LogP contribution in [0, 0.1) is 0 Å². The Balaban J connectivity index is 2.49. The summed E-state index contributed by atoms with van der Waals surface area (Å²) in [5, 5.41) is 39.6. The number of hydrogen-bond donors (Lipinski definition) is 4. The molecule has 1 saturated heterocycles. The number of rotatable bonds is 25. The summed E-state index contributed by atoms with van der Waals surface area (Å²) in [6.45, 7) is 3.25. The Hall–Kier alpha value is -1.56. The fourth-order valence-electron chi connectivity index (χ4n) is 4.72.